The molecule has 152 valence electrons. The van der Waals surface area contributed by atoms with Gasteiger partial charge >= 0.3 is 5.97 Å². The number of carbonyl (C=O) groups is 1. The molecule has 0 bridgehead atoms. The summed E-state index contributed by atoms with van der Waals surface area (Å²) in [4.78, 5) is 12.2. The average molecular weight is 430 g/mol. The summed E-state index contributed by atoms with van der Waals surface area (Å²) in [6, 6.07) is 7.74. The number of hydrogen-bond donors (Lipinski definition) is 0. The second-order valence-electron chi connectivity index (χ2n) is 5.77. The fourth-order valence-electron chi connectivity index (χ4n) is 2.62. The summed E-state index contributed by atoms with van der Waals surface area (Å²) in [6.45, 7) is 3.71. The summed E-state index contributed by atoms with van der Waals surface area (Å²) in [7, 11) is -2.43. The van der Waals surface area contributed by atoms with E-state index >= 15 is 0 Å². The van der Waals surface area contributed by atoms with Gasteiger partial charge in [0.05, 0.1) is 17.7 Å². The molecule has 6 nitrogen and oxygen atoms in total. The van der Waals surface area contributed by atoms with E-state index in [1.165, 1.54) is 47.8 Å². The van der Waals surface area contributed by atoms with E-state index in [0.717, 1.165) is 0 Å². The van der Waals surface area contributed by atoms with E-state index in [4.69, 9.17) is 21.1 Å². The Morgan fingerprint density at radius 1 is 1.14 bits per heavy atom. The highest BCUT2D eigenvalue weighted by Crippen LogP contribution is 2.27. The van der Waals surface area contributed by atoms with Gasteiger partial charge in [-0.2, -0.15) is 4.31 Å². The summed E-state index contributed by atoms with van der Waals surface area (Å²) >= 11 is 6.06. The number of hydrogen-bond acceptors (Lipinski definition) is 5. The molecule has 0 amide bonds. The maximum Gasteiger partial charge on any atom is 0.338 e. The lowest BCUT2D eigenvalue weighted by molar-refractivity contribution is 0.0469. The number of benzene rings is 2. The average Bonchev–Trinajstić information content (AvgIpc) is 2.67. The van der Waals surface area contributed by atoms with Crippen LogP contribution in [-0.4, -0.2) is 38.9 Å². The zero-order valence-corrected chi connectivity index (χ0v) is 17.3. The van der Waals surface area contributed by atoms with Crippen LogP contribution in [-0.2, 0) is 21.4 Å². The maximum atomic E-state index is 13.4. The first-order chi connectivity index (χ1) is 13.2. The quantitative estimate of drug-likeness (QED) is 0.595. The summed E-state index contributed by atoms with van der Waals surface area (Å²) in [5.74, 6) is -0.889. The van der Waals surface area contributed by atoms with Gasteiger partial charge in [0.15, 0.2) is 0 Å². The molecular weight excluding hydrogens is 409 g/mol. The molecular formula is C19H21ClFNO5S. The van der Waals surface area contributed by atoms with Crippen molar-refractivity contribution in [2.24, 2.45) is 0 Å². The lowest BCUT2D eigenvalue weighted by Crippen LogP contribution is -2.31. The van der Waals surface area contributed by atoms with Crippen molar-refractivity contribution >= 4 is 27.6 Å². The normalized spacial score (nSPS) is 11.5. The maximum absolute atomic E-state index is 13.4. The standard InChI is InChI=1S/C19H21ClFNO5S/c1-4-22(5-2)28(24,25)18-11-13(6-8-16(18)20)19(23)27-12-14-10-15(21)7-9-17(14)26-3/h6-11H,4-5,12H2,1-3H3. The predicted octanol–water partition coefficient (Wildman–Crippen LogP) is 3.88. The molecule has 28 heavy (non-hydrogen) atoms. The van der Waals surface area contributed by atoms with Gasteiger partial charge < -0.3 is 9.47 Å². The second kappa shape index (κ2) is 9.36. The number of nitrogens with zero attached hydrogens (tertiary/aromatic N) is 1. The predicted molar refractivity (Wildman–Crippen MR) is 104 cm³/mol. The minimum Gasteiger partial charge on any atom is -0.496 e. The van der Waals surface area contributed by atoms with Crippen LogP contribution in [0.4, 0.5) is 4.39 Å². The van der Waals surface area contributed by atoms with Crippen LogP contribution in [0, 0.1) is 5.82 Å². The summed E-state index contributed by atoms with van der Waals surface area (Å²) < 4.78 is 50.4. The highest BCUT2D eigenvalue weighted by atomic mass is 35.5. The van der Waals surface area contributed by atoms with Crippen LogP contribution in [0.5, 0.6) is 5.75 Å². The van der Waals surface area contributed by atoms with Crippen LogP contribution in [0.2, 0.25) is 5.02 Å². The molecule has 0 aliphatic rings. The molecule has 2 rings (SSSR count). The molecule has 2 aromatic rings. The first kappa shape index (κ1) is 22.1. The van der Waals surface area contributed by atoms with Crippen LogP contribution in [0.1, 0.15) is 29.8 Å². The topological polar surface area (TPSA) is 72.9 Å². The first-order valence-corrected chi connectivity index (χ1v) is 10.4. The number of carbonyl (C=O) groups excluding carboxylic acids is 1. The van der Waals surface area contributed by atoms with E-state index in [0.29, 0.717) is 11.3 Å². The number of halogens is 2. The molecule has 0 heterocycles. The van der Waals surface area contributed by atoms with Crippen molar-refractivity contribution in [2.75, 3.05) is 20.2 Å². The Bertz CT molecular complexity index is 961. The number of ether oxygens (including phenoxy) is 2. The Balaban J connectivity index is 2.27. The Labute approximate surface area is 168 Å². The molecule has 0 aliphatic heterocycles. The number of rotatable bonds is 8. The molecule has 2 aromatic carbocycles. The minimum absolute atomic E-state index is 0.00949. The van der Waals surface area contributed by atoms with Gasteiger partial charge in [0.1, 0.15) is 23.1 Å². The molecule has 0 saturated carbocycles. The van der Waals surface area contributed by atoms with Crippen molar-refractivity contribution < 1.29 is 27.1 Å². The van der Waals surface area contributed by atoms with Crippen LogP contribution in [0.3, 0.4) is 0 Å². The largest absolute Gasteiger partial charge is 0.496 e. The van der Waals surface area contributed by atoms with Crippen LogP contribution in [0.25, 0.3) is 0 Å². The van der Waals surface area contributed by atoms with Gasteiger partial charge in [-0.05, 0) is 36.4 Å². The molecule has 0 N–H and O–H groups in total. The lowest BCUT2D eigenvalue weighted by Gasteiger charge is -2.19. The number of methoxy groups -OCH3 is 1. The molecule has 0 saturated heterocycles. The number of esters is 1. The third kappa shape index (κ3) is 4.81. The van der Waals surface area contributed by atoms with Crippen molar-refractivity contribution in [1.82, 2.24) is 4.31 Å². The van der Waals surface area contributed by atoms with E-state index < -0.39 is 21.8 Å². The van der Waals surface area contributed by atoms with E-state index in [1.807, 2.05) is 0 Å². The van der Waals surface area contributed by atoms with Gasteiger partial charge in [-0.1, -0.05) is 25.4 Å². The van der Waals surface area contributed by atoms with Gasteiger partial charge in [0, 0.05) is 18.7 Å². The SMILES string of the molecule is CCN(CC)S(=O)(=O)c1cc(C(=O)OCc2cc(F)ccc2OC)ccc1Cl. The first-order valence-electron chi connectivity index (χ1n) is 8.53. The van der Waals surface area contributed by atoms with E-state index in [2.05, 4.69) is 0 Å². The van der Waals surface area contributed by atoms with E-state index in [9.17, 15) is 17.6 Å². The van der Waals surface area contributed by atoms with Crippen molar-refractivity contribution in [3.8, 4) is 5.75 Å². The van der Waals surface area contributed by atoms with Crippen molar-refractivity contribution in [3.05, 3.63) is 58.4 Å². The Morgan fingerprint density at radius 2 is 1.82 bits per heavy atom. The Morgan fingerprint density at radius 3 is 2.43 bits per heavy atom. The smallest absolute Gasteiger partial charge is 0.338 e. The molecule has 0 radical (unpaired) electrons. The van der Waals surface area contributed by atoms with Crippen LogP contribution < -0.4 is 4.74 Å². The van der Waals surface area contributed by atoms with Gasteiger partial charge in [-0.15, -0.1) is 0 Å². The molecule has 0 fully saturated rings. The third-order valence-corrected chi connectivity index (χ3v) is 6.62. The zero-order chi connectivity index (χ0) is 20.9. The van der Waals surface area contributed by atoms with Gasteiger partial charge in [-0.3, -0.25) is 0 Å². The van der Waals surface area contributed by atoms with Gasteiger partial charge in [-0.25, -0.2) is 17.6 Å². The van der Waals surface area contributed by atoms with Gasteiger partial charge in [0.25, 0.3) is 0 Å². The molecule has 0 atom stereocenters. The van der Waals surface area contributed by atoms with Crippen molar-refractivity contribution in [1.29, 1.82) is 0 Å². The fraction of sp³-hybridized carbons (Fsp3) is 0.316. The van der Waals surface area contributed by atoms with Crippen LogP contribution >= 0.6 is 11.6 Å². The van der Waals surface area contributed by atoms with Crippen LogP contribution in [0.15, 0.2) is 41.3 Å². The molecule has 0 unspecified atom stereocenters. The zero-order valence-electron chi connectivity index (χ0n) is 15.7. The van der Waals surface area contributed by atoms with E-state index in [-0.39, 0.29) is 35.2 Å². The summed E-state index contributed by atoms with van der Waals surface area (Å²) in [5.41, 5.74) is 0.367. The number of sulfonamides is 1. The Kier molecular flexibility index (Phi) is 7.40. The summed E-state index contributed by atoms with van der Waals surface area (Å²) in [6.07, 6.45) is 0. The minimum atomic E-state index is -3.85. The molecule has 0 aliphatic carbocycles. The van der Waals surface area contributed by atoms with Crippen molar-refractivity contribution in [3.63, 3.8) is 0 Å². The van der Waals surface area contributed by atoms with E-state index in [1.54, 1.807) is 13.8 Å². The summed E-state index contributed by atoms with van der Waals surface area (Å²) in [5, 5.41) is 0.00949. The highest BCUT2D eigenvalue weighted by molar-refractivity contribution is 7.89. The van der Waals surface area contributed by atoms with Crippen molar-refractivity contribution in [2.45, 2.75) is 25.3 Å². The Hall–Kier alpha value is -2.16. The third-order valence-electron chi connectivity index (χ3n) is 4.09. The second-order valence-corrected chi connectivity index (χ2v) is 8.08. The lowest BCUT2D eigenvalue weighted by atomic mass is 10.2. The fourth-order valence-corrected chi connectivity index (χ4v) is 4.58. The molecule has 0 aromatic heterocycles. The molecule has 9 heteroatoms. The molecule has 0 spiro atoms. The monoisotopic (exact) mass is 429 g/mol. The van der Waals surface area contributed by atoms with Gasteiger partial charge in [0.2, 0.25) is 10.0 Å². The highest BCUT2D eigenvalue weighted by Gasteiger charge is 2.26.